The summed E-state index contributed by atoms with van der Waals surface area (Å²) in [5.74, 6) is -0.197. The lowest BCUT2D eigenvalue weighted by molar-refractivity contribution is -0.137. The van der Waals surface area contributed by atoms with Crippen LogP contribution < -0.4 is 9.73 Å². The third-order valence-corrected chi connectivity index (χ3v) is 8.27. The SMILES string of the molecule is Cc1ccc(S(=O)(=O)N(CC(=O)NN=C2CCC(C(C)(C)C)CC2)c2cccc(C(F)(F)F)c2)cc1. The maximum Gasteiger partial charge on any atom is 0.416 e. The van der Waals surface area contributed by atoms with E-state index in [1.165, 1.54) is 18.2 Å². The fourth-order valence-corrected chi connectivity index (χ4v) is 5.64. The van der Waals surface area contributed by atoms with E-state index in [0.29, 0.717) is 10.2 Å². The average Bonchev–Trinajstić information content (AvgIpc) is 2.80. The molecule has 1 saturated carbocycles. The minimum Gasteiger partial charge on any atom is -0.271 e. The second-order valence-corrected chi connectivity index (χ2v) is 12.1. The minimum absolute atomic E-state index is 0.134. The summed E-state index contributed by atoms with van der Waals surface area (Å²) >= 11 is 0. The van der Waals surface area contributed by atoms with E-state index in [9.17, 15) is 26.4 Å². The van der Waals surface area contributed by atoms with Crippen molar-refractivity contribution in [1.82, 2.24) is 5.43 Å². The molecule has 6 nitrogen and oxygen atoms in total. The number of rotatable bonds is 6. The van der Waals surface area contributed by atoms with Gasteiger partial charge in [-0.15, -0.1) is 0 Å². The van der Waals surface area contributed by atoms with Gasteiger partial charge in [-0.3, -0.25) is 9.10 Å². The van der Waals surface area contributed by atoms with Crippen LogP contribution in [0.3, 0.4) is 0 Å². The number of nitrogens with zero attached hydrogens (tertiary/aromatic N) is 2. The van der Waals surface area contributed by atoms with Gasteiger partial charge in [0.25, 0.3) is 15.9 Å². The summed E-state index contributed by atoms with van der Waals surface area (Å²) in [5.41, 5.74) is 2.94. The van der Waals surface area contributed by atoms with Gasteiger partial charge in [0.2, 0.25) is 0 Å². The van der Waals surface area contributed by atoms with Crippen LogP contribution in [0.5, 0.6) is 0 Å². The molecule has 0 bridgehead atoms. The van der Waals surface area contributed by atoms with Crippen molar-refractivity contribution in [3.05, 3.63) is 59.7 Å². The monoisotopic (exact) mass is 523 g/mol. The number of sulfonamides is 1. The summed E-state index contributed by atoms with van der Waals surface area (Å²) in [6.07, 6.45) is -1.34. The van der Waals surface area contributed by atoms with Gasteiger partial charge in [0.1, 0.15) is 6.54 Å². The highest BCUT2D eigenvalue weighted by atomic mass is 32.2. The molecule has 196 valence electrons. The van der Waals surface area contributed by atoms with Crippen LogP contribution in [0.25, 0.3) is 0 Å². The number of amides is 1. The molecule has 0 spiro atoms. The fourth-order valence-electron chi connectivity index (χ4n) is 4.23. The molecule has 0 saturated heterocycles. The predicted octanol–water partition coefficient (Wildman–Crippen LogP) is 5.92. The third-order valence-electron chi connectivity index (χ3n) is 6.48. The second-order valence-electron chi connectivity index (χ2n) is 10.2. The zero-order valence-corrected chi connectivity index (χ0v) is 21.7. The molecule has 2 aromatic carbocycles. The lowest BCUT2D eigenvalue weighted by atomic mass is 9.72. The number of alkyl halides is 3. The number of aryl methyl sites for hydroxylation is 1. The van der Waals surface area contributed by atoms with Crippen molar-refractivity contribution in [2.24, 2.45) is 16.4 Å². The van der Waals surface area contributed by atoms with Gasteiger partial charge in [0.15, 0.2) is 0 Å². The van der Waals surface area contributed by atoms with Gasteiger partial charge in [-0.2, -0.15) is 18.3 Å². The molecular formula is C26H32F3N3O3S. The predicted molar refractivity (Wildman–Crippen MR) is 134 cm³/mol. The number of benzene rings is 2. The van der Waals surface area contributed by atoms with Crippen LogP contribution in [-0.4, -0.2) is 26.6 Å². The summed E-state index contributed by atoms with van der Waals surface area (Å²) in [4.78, 5) is 12.6. The maximum absolute atomic E-state index is 13.4. The first-order valence-electron chi connectivity index (χ1n) is 11.8. The molecule has 0 heterocycles. The van der Waals surface area contributed by atoms with Crippen molar-refractivity contribution in [3.63, 3.8) is 0 Å². The highest BCUT2D eigenvalue weighted by Gasteiger charge is 2.33. The first-order valence-corrected chi connectivity index (χ1v) is 13.2. The van der Waals surface area contributed by atoms with Gasteiger partial charge in [0.05, 0.1) is 16.1 Å². The molecule has 1 aliphatic carbocycles. The van der Waals surface area contributed by atoms with Crippen LogP contribution in [0.15, 0.2) is 58.5 Å². The summed E-state index contributed by atoms with van der Waals surface area (Å²) in [5, 5.41) is 4.19. The highest BCUT2D eigenvalue weighted by molar-refractivity contribution is 7.92. The second kappa shape index (κ2) is 10.6. The first kappa shape index (κ1) is 27.7. The summed E-state index contributed by atoms with van der Waals surface area (Å²) in [6, 6.07) is 9.79. The molecule has 2 aromatic rings. The van der Waals surface area contributed by atoms with Gasteiger partial charge in [0, 0.05) is 5.71 Å². The Kier molecular flexibility index (Phi) is 8.17. The van der Waals surface area contributed by atoms with E-state index in [-0.39, 0.29) is 16.0 Å². The number of hydrazone groups is 1. The summed E-state index contributed by atoms with van der Waals surface area (Å²) < 4.78 is 67.5. The molecule has 1 fully saturated rings. The van der Waals surface area contributed by atoms with Crippen molar-refractivity contribution in [3.8, 4) is 0 Å². The molecule has 1 N–H and O–H groups in total. The van der Waals surface area contributed by atoms with Crippen molar-refractivity contribution in [1.29, 1.82) is 0 Å². The standard InChI is InChI=1S/C26H32F3N3O3S/c1-18-8-14-23(15-9-18)36(34,35)32(22-7-5-6-20(16-22)26(27,28)29)17-24(33)31-30-21-12-10-19(11-13-21)25(2,3)4/h5-9,14-16,19H,10-13,17H2,1-4H3,(H,31,33). The molecule has 0 unspecified atom stereocenters. The molecular weight excluding hydrogens is 491 g/mol. The Morgan fingerprint density at radius 2 is 1.67 bits per heavy atom. The topological polar surface area (TPSA) is 78.8 Å². The van der Waals surface area contributed by atoms with E-state index in [2.05, 4.69) is 31.3 Å². The van der Waals surface area contributed by atoms with Gasteiger partial charge < -0.3 is 0 Å². The number of hydrogen-bond donors (Lipinski definition) is 1. The molecule has 0 radical (unpaired) electrons. The molecule has 0 atom stereocenters. The summed E-state index contributed by atoms with van der Waals surface area (Å²) in [7, 11) is -4.34. The number of nitrogens with one attached hydrogen (secondary N) is 1. The zero-order chi connectivity index (χ0) is 26.7. The van der Waals surface area contributed by atoms with Crippen LogP contribution >= 0.6 is 0 Å². The smallest absolute Gasteiger partial charge is 0.271 e. The third kappa shape index (κ3) is 6.87. The molecule has 36 heavy (non-hydrogen) atoms. The Balaban J connectivity index is 1.84. The van der Waals surface area contributed by atoms with Crippen molar-refractivity contribution in [2.45, 2.75) is 64.5 Å². The first-order chi connectivity index (χ1) is 16.7. The van der Waals surface area contributed by atoms with Crippen molar-refractivity contribution < 1.29 is 26.4 Å². The molecule has 1 aliphatic rings. The van der Waals surface area contributed by atoms with Crippen LogP contribution in [-0.2, 0) is 21.0 Å². The fraction of sp³-hybridized carbons (Fsp3) is 0.462. The number of carbonyl (C=O) groups excluding carboxylic acids is 1. The van der Waals surface area contributed by atoms with Gasteiger partial charge in [-0.05, 0) is 74.3 Å². The molecule has 1 amide bonds. The normalized spacial score (nSPS) is 17.0. The van der Waals surface area contributed by atoms with Crippen LogP contribution in [0, 0.1) is 18.3 Å². The average molecular weight is 524 g/mol. The van der Waals surface area contributed by atoms with Gasteiger partial charge in [-0.25, -0.2) is 13.8 Å². The van der Waals surface area contributed by atoms with Crippen molar-refractivity contribution >= 4 is 27.3 Å². The lowest BCUT2D eigenvalue weighted by Gasteiger charge is -2.34. The van der Waals surface area contributed by atoms with Gasteiger partial charge >= 0.3 is 6.18 Å². The van der Waals surface area contributed by atoms with Gasteiger partial charge in [-0.1, -0.05) is 44.5 Å². The van der Waals surface area contributed by atoms with E-state index in [4.69, 9.17) is 0 Å². The highest BCUT2D eigenvalue weighted by Crippen LogP contribution is 2.37. The largest absolute Gasteiger partial charge is 0.416 e. The van der Waals surface area contributed by atoms with Crippen LogP contribution in [0.1, 0.15) is 57.6 Å². The zero-order valence-electron chi connectivity index (χ0n) is 20.9. The summed E-state index contributed by atoms with van der Waals surface area (Å²) in [6.45, 7) is 7.64. The van der Waals surface area contributed by atoms with E-state index in [1.54, 1.807) is 19.1 Å². The van der Waals surface area contributed by atoms with Crippen LogP contribution in [0.4, 0.5) is 18.9 Å². The molecule has 0 aliphatic heterocycles. The van der Waals surface area contributed by atoms with E-state index < -0.39 is 34.2 Å². The van der Waals surface area contributed by atoms with E-state index >= 15 is 0 Å². The van der Waals surface area contributed by atoms with E-state index in [0.717, 1.165) is 55.2 Å². The number of carbonyl (C=O) groups is 1. The quantitative estimate of drug-likeness (QED) is 0.478. The Labute approximate surface area is 210 Å². The number of anilines is 1. The minimum atomic E-state index is -4.67. The Hall–Kier alpha value is -2.88. The molecule has 0 aromatic heterocycles. The molecule has 3 rings (SSSR count). The van der Waals surface area contributed by atoms with E-state index in [1.807, 2.05) is 0 Å². The molecule has 10 heteroatoms. The van der Waals surface area contributed by atoms with Crippen LogP contribution in [0.2, 0.25) is 0 Å². The lowest BCUT2D eigenvalue weighted by Crippen LogP contribution is -2.40. The maximum atomic E-state index is 13.4. The Morgan fingerprint density at radius 3 is 2.22 bits per heavy atom. The number of hydrogen-bond acceptors (Lipinski definition) is 4. The van der Waals surface area contributed by atoms with Crippen molar-refractivity contribution in [2.75, 3.05) is 10.8 Å². The Bertz CT molecular complexity index is 1210. The Morgan fingerprint density at radius 1 is 1.06 bits per heavy atom. The number of halogens is 3.